The zero-order valence-corrected chi connectivity index (χ0v) is 11.5. The van der Waals surface area contributed by atoms with Crippen molar-refractivity contribution in [3.05, 3.63) is 23.4 Å². The Hall–Kier alpha value is -1.09. The lowest BCUT2D eigenvalue weighted by molar-refractivity contribution is 0.230. The molecule has 1 heterocycles. The number of hydrogen-bond donors (Lipinski definition) is 2. The lowest BCUT2D eigenvalue weighted by Crippen LogP contribution is -2.28. The summed E-state index contributed by atoms with van der Waals surface area (Å²) in [5.41, 5.74) is 14.7. The number of nitrogens with zero attached hydrogens (tertiary/aromatic N) is 1. The Bertz CT molecular complexity index is 382. The molecule has 0 aliphatic heterocycles. The normalized spacial score (nSPS) is 25.9. The van der Waals surface area contributed by atoms with Gasteiger partial charge in [0.05, 0.1) is 0 Å². The van der Waals surface area contributed by atoms with Gasteiger partial charge in [0.25, 0.3) is 0 Å². The fraction of sp³-hybridized carbons (Fsp3) is 0.667. The number of aryl methyl sites for hydroxylation is 1. The van der Waals surface area contributed by atoms with Crippen molar-refractivity contribution in [1.29, 1.82) is 0 Å². The number of anilines is 1. The van der Waals surface area contributed by atoms with Gasteiger partial charge in [0, 0.05) is 17.8 Å². The first-order valence-electron chi connectivity index (χ1n) is 7.10. The van der Waals surface area contributed by atoms with Gasteiger partial charge >= 0.3 is 0 Å². The standard InChI is InChI=1S/C15H25N3/c1-3-11-5-4-6-12(9-11)14(16)13-10(2)7-8-18-15(13)17/h7-8,11-12,14H,3-6,9,16H2,1-2H3,(H2,17,18). The Kier molecular flexibility index (Phi) is 4.23. The second-order valence-corrected chi connectivity index (χ2v) is 5.65. The average molecular weight is 247 g/mol. The van der Waals surface area contributed by atoms with Crippen LogP contribution >= 0.6 is 0 Å². The summed E-state index contributed by atoms with van der Waals surface area (Å²) in [4.78, 5) is 4.19. The molecule has 4 N–H and O–H groups in total. The maximum atomic E-state index is 6.47. The van der Waals surface area contributed by atoms with Crippen LogP contribution in [0.4, 0.5) is 5.82 Å². The van der Waals surface area contributed by atoms with Gasteiger partial charge in [-0.05, 0) is 43.2 Å². The van der Waals surface area contributed by atoms with E-state index in [0.717, 1.165) is 11.5 Å². The Morgan fingerprint density at radius 1 is 1.44 bits per heavy atom. The predicted octanol–water partition coefficient (Wildman–Crippen LogP) is 3.19. The van der Waals surface area contributed by atoms with Crippen molar-refractivity contribution >= 4 is 5.82 Å². The zero-order valence-electron chi connectivity index (χ0n) is 11.5. The van der Waals surface area contributed by atoms with Gasteiger partial charge < -0.3 is 11.5 Å². The Morgan fingerprint density at radius 2 is 2.22 bits per heavy atom. The SMILES string of the molecule is CCC1CCCC(C(N)c2c(C)ccnc2N)C1. The van der Waals surface area contributed by atoms with Crippen LogP contribution in [-0.4, -0.2) is 4.98 Å². The van der Waals surface area contributed by atoms with E-state index in [-0.39, 0.29) is 6.04 Å². The summed E-state index contributed by atoms with van der Waals surface area (Å²) >= 11 is 0. The van der Waals surface area contributed by atoms with E-state index in [1.165, 1.54) is 37.7 Å². The molecule has 3 heteroatoms. The van der Waals surface area contributed by atoms with Gasteiger partial charge in [-0.1, -0.05) is 26.2 Å². The highest BCUT2D eigenvalue weighted by atomic mass is 14.8. The molecule has 1 saturated carbocycles. The third-order valence-corrected chi connectivity index (χ3v) is 4.48. The lowest BCUT2D eigenvalue weighted by atomic mass is 9.75. The van der Waals surface area contributed by atoms with E-state index in [2.05, 4.69) is 18.8 Å². The van der Waals surface area contributed by atoms with E-state index in [4.69, 9.17) is 11.5 Å². The minimum absolute atomic E-state index is 0.0491. The minimum Gasteiger partial charge on any atom is -0.383 e. The fourth-order valence-electron chi connectivity index (χ4n) is 3.29. The van der Waals surface area contributed by atoms with Crippen molar-refractivity contribution in [2.75, 3.05) is 5.73 Å². The molecule has 1 aromatic rings. The third-order valence-electron chi connectivity index (χ3n) is 4.48. The summed E-state index contributed by atoms with van der Waals surface area (Å²) in [6.07, 6.45) is 8.16. The molecule has 3 nitrogen and oxygen atoms in total. The molecule has 0 radical (unpaired) electrons. The largest absolute Gasteiger partial charge is 0.383 e. The Morgan fingerprint density at radius 3 is 2.89 bits per heavy atom. The van der Waals surface area contributed by atoms with Gasteiger partial charge in [-0.25, -0.2) is 4.98 Å². The van der Waals surface area contributed by atoms with Crippen molar-refractivity contribution in [3.8, 4) is 0 Å². The molecule has 0 aromatic carbocycles. The molecule has 1 aromatic heterocycles. The van der Waals surface area contributed by atoms with Crippen molar-refractivity contribution in [2.24, 2.45) is 17.6 Å². The molecule has 1 aliphatic carbocycles. The molecule has 2 rings (SSSR count). The molecule has 0 amide bonds. The van der Waals surface area contributed by atoms with E-state index >= 15 is 0 Å². The van der Waals surface area contributed by atoms with Crippen molar-refractivity contribution in [3.63, 3.8) is 0 Å². The Labute approximate surface area is 110 Å². The van der Waals surface area contributed by atoms with Crippen LogP contribution < -0.4 is 11.5 Å². The number of aromatic nitrogens is 1. The lowest BCUT2D eigenvalue weighted by Gasteiger charge is -2.33. The molecule has 100 valence electrons. The fourth-order valence-corrected chi connectivity index (χ4v) is 3.29. The summed E-state index contributed by atoms with van der Waals surface area (Å²) in [6.45, 7) is 4.36. The highest BCUT2D eigenvalue weighted by molar-refractivity contribution is 5.46. The summed E-state index contributed by atoms with van der Waals surface area (Å²) in [5.74, 6) is 2.02. The van der Waals surface area contributed by atoms with Crippen LogP contribution in [0, 0.1) is 18.8 Å². The van der Waals surface area contributed by atoms with Crippen LogP contribution in [0.25, 0.3) is 0 Å². The summed E-state index contributed by atoms with van der Waals surface area (Å²) in [5, 5.41) is 0. The van der Waals surface area contributed by atoms with E-state index < -0.39 is 0 Å². The van der Waals surface area contributed by atoms with Gasteiger partial charge in [0.1, 0.15) is 5.82 Å². The molecule has 18 heavy (non-hydrogen) atoms. The molecule has 0 bridgehead atoms. The molecular formula is C15H25N3. The van der Waals surface area contributed by atoms with Crippen LogP contribution in [0.2, 0.25) is 0 Å². The third kappa shape index (κ3) is 2.66. The van der Waals surface area contributed by atoms with Crippen LogP contribution in [0.5, 0.6) is 0 Å². The number of hydrogen-bond acceptors (Lipinski definition) is 3. The number of rotatable bonds is 3. The van der Waals surface area contributed by atoms with Crippen LogP contribution in [0.1, 0.15) is 56.2 Å². The maximum Gasteiger partial charge on any atom is 0.128 e. The molecule has 0 saturated heterocycles. The molecule has 3 atom stereocenters. The van der Waals surface area contributed by atoms with Gasteiger partial charge in [0.15, 0.2) is 0 Å². The van der Waals surface area contributed by atoms with Crippen LogP contribution in [0.15, 0.2) is 12.3 Å². The maximum absolute atomic E-state index is 6.47. The van der Waals surface area contributed by atoms with Crippen molar-refractivity contribution in [2.45, 2.75) is 52.0 Å². The first-order chi connectivity index (χ1) is 8.63. The molecule has 0 spiro atoms. The number of nitrogen functional groups attached to an aromatic ring is 1. The van der Waals surface area contributed by atoms with Gasteiger partial charge in [-0.15, -0.1) is 0 Å². The Balaban J connectivity index is 2.17. The number of pyridine rings is 1. The van der Waals surface area contributed by atoms with E-state index in [0.29, 0.717) is 11.7 Å². The van der Waals surface area contributed by atoms with Crippen LogP contribution in [-0.2, 0) is 0 Å². The highest BCUT2D eigenvalue weighted by Gasteiger charge is 2.28. The quantitative estimate of drug-likeness (QED) is 0.862. The molecule has 1 fully saturated rings. The smallest absolute Gasteiger partial charge is 0.128 e. The average Bonchev–Trinajstić information content (AvgIpc) is 2.38. The first kappa shape index (κ1) is 13.3. The second-order valence-electron chi connectivity index (χ2n) is 5.65. The van der Waals surface area contributed by atoms with Gasteiger partial charge in [-0.2, -0.15) is 0 Å². The zero-order chi connectivity index (χ0) is 13.1. The highest BCUT2D eigenvalue weighted by Crippen LogP contribution is 2.39. The molecular weight excluding hydrogens is 222 g/mol. The summed E-state index contributed by atoms with van der Waals surface area (Å²) in [7, 11) is 0. The monoisotopic (exact) mass is 247 g/mol. The van der Waals surface area contributed by atoms with E-state index in [1.807, 2.05) is 6.07 Å². The van der Waals surface area contributed by atoms with Crippen LogP contribution in [0.3, 0.4) is 0 Å². The van der Waals surface area contributed by atoms with E-state index in [9.17, 15) is 0 Å². The summed E-state index contributed by atoms with van der Waals surface area (Å²) < 4.78 is 0. The minimum atomic E-state index is 0.0491. The van der Waals surface area contributed by atoms with Crippen molar-refractivity contribution in [1.82, 2.24) is 4.98 Å². The summed E-state index contributed by atoms with van der Waals surface area (Å²) in [6, 6.07) is 2.05. The number of nitrogens with two attached hydrogens (primary N) is 2. The molecule has 1 aliphatic rings. The second kappa shape index (κ2) is 5.70. The van der Waals surface area contributed by atoms with Crippen molar-refractivity contribution < 1.29 is 0 Å². The topological polar surface area (TPSA) is 64.9 Å². The van der Waals surface area contributed by atoms with E-state index in [1.54, 1.807) is 6.20 Å². The first-order valence-corrected chi connectivity index (χ1v) is 7.10. The van der Waals surface area contributed by atoms with Gasteiger partial charge in [-0.3, -0.25) is 0 Å². The predicted molar refractivity (Wildman–Crippen MR) is 76.1 cm³/mol. The molecule has 3 unspecified atom stereocenters. The van der Waals surface area contributed by atoms with Gasteiger partial charge in [0.2, 0.25) is 0 Å².